The Labute approximate surface area is 118 Å². The second-order valence-corrected chi connectivity index (χ2v) is 5.04. The number of nitrogens with one attached hydrogen (secondary N) is 1. The lowest BCUT2D eigenvalue weighted by Crippen LogP contribution is -2.28. The van der Waals surface area contributed by atoms with E-state index in [9.17, 15) is 4.79 Å². The number of rotatable bonds is 4. The molecule has 0 aromatic carbocycles. The quantitative estimate of drug-likeness (QED) is 0.917. The molecule has 0 saturated heterocycles. The molecule has 20 heavy (non-hydrogen) atoms. The van der Waals surface area contributed by atoms with E-state index >= 15 is 0 Å². The first kappa shape index (κ1) is 12.8. The molecule has 104 valence electrons. The van der Waals surface area contributed by atoms with E-state index in [0.29, 0.717) is 12.1 Å². The van der Waals surface area contributed by atoms with Crippen molar-refractivity contribution >= 4 is 5.91 Å². The van der Waals surface area contributed by atoms with Crippen LogP contribution in [0.3, 0.4) is 0 Å². The molecule has 0 spiro atoms. The molecule has 1 aliphatic carbocycles. The lowest BCUT2D eigenvalue weighted by molar-refractivity contribution is 0.0951. The summed E-state index contributed by atoms with van der Waals surface area (Å²) >= 11 is 0. The molecule has 0 saturated carbocycles. The van der Waals surface area contributed by atoms with Crippen LogP contribution in [-0.2, 0) is 19.4 Å². The monoisotopic (exact) mass is 270 g/mol. The van der Waals surface area contributed by atoms with Crippen molar-refractivity contribution < 1.29 is 4.79 Å². The Morgan fingerprint density at radius 3 is 2.90 bits per heavy atom. The van der Waals surface area contributed by atoms with Gasteiger partial charge in [-0.15, -0.1) is 0 Å². The third kappa shape index (κ3) is 2.71. The minimum absolute atomic E-state index is 0.0616. The van der Waals surface area contributed by atoms with E-state index in [2.05, 4.69) is 15.4 Å². The van der Waals surface area contributed by atoms with Gasteiger partial charge in [0, 0.05) is 30.2 Å². The van der Waals surface area contributed by atoms with Gasteiger partial charge in [-0.1, -0.05) is 0 Å². The van der Waals surface area contributed by atoms with E-state index < -0.39 is 0 Å². The predicted molar refractivity (Wildman–Crippen MR) is 75.4 cm³/mol. The highest BCUT2D eigenvalue weighted by Crippen LogP contribution is 2.20. The molecular formula is C15H18N4O. The van der Waals surface area contributed by atoms with Crippen molar-refractivity contribution in [1.29, 1.82) is 0 Å². The van der Waals surface area contributed by atoms with Gasteiger partial charge in [-0.05, 0) is 43.4 Å². The largest absolute Gasteiger partial charge is 0.350 e. The summed E-state index contributed by atoms with van der Waals surface area (Å²) in [5, 5.41) is 7.34. The molecule has 0 unspecified atom stereocenters. The Hall–Kier alpha value is -2.17. The van der Waals surface area contributed by atoms with Gasteiger partial charge in [0.25, 0.3) is 5.91 Å². The lowest BCUT2D eigenvalue weighted by atomic mass is 9.98. The first-order valence-corrected chi connectivity index (χ1v) is 7.06. The van der Waals surface area contributed by atoms with E-state index in [1.807, 2.05) is 10.9 Å². The molecule has 1 aliphatic rings. The van der Waals surface area contributed by atoms with E-state index in [0.717, 1.165) is 19.4 Å². The van der Waals surface area contributed by atoms with Crippen molar-refractivity contribution in [3.63, 3.8) is 0 Å². The van der Waals surface area contributed by atoms with Crippen molar-refractivity contribution in [2.24, 2.45) is 0 Å². The number of hydrogen-bond acceptors (Lipinski definition) is 3. The number of carbonyl (C=O) groups excluding carboxylic acids is 1. The Bertz CT molecular complexity index is 591. The number of hydrogen-bond donors (Lipinski definition) is 1. The van der Waals surface area contributed by atoms with Crippen LogP contribution in [0.15, 0.2) is 30.7 Å². The molecule has 2 heterocycles. The second kappa shape index (κ2) is 5.86. The smallest absolute Gasteiger partial charge is 0.251 e. The average Bonchev–Trinajstić information content (AvgIpc) is 2.92. The van der Waals surface area contributed by atoms with Crippen molar-refractivity contribution in [2.75, 3.05) is 6.54 Å². The van der Waals surface area contributed by atoms with Gasteiger partial charge in [0.1, 0.15) is 0 Å². The van der Waals surface area contributed by atoms with Crippen molar-refractivity contribution in [2.45, 2.75) is 32.2 Å². The minimum atomic E-state index is -0.0616. The van der Waals surface area contributed by atoms with E-state index in [-0.39, 0.29) is 5.91 Å². The third-order valence-electron chi connectivity index (χ3n) is 3.70. The molecule has 2 aromatic rings. The zero-order valence-corrected chi connectivity index (χ0v) is 11.4. The maximum absolute atomic E-state index is 11.9. The number of carbonyl (C=O) groups is 1. The topological polar surface area (TPSA) is 59.8 Å². The van der Waals surface area contributed by atoms with Gasteiger partial charge < -0.3 is 5.32 Å². The lowest BCUT2D eigenvalue weighted by Gasteiger charge is -2.14. The van der Waals surface area contributed by atoms with Crippen LogP contribution < -0.4 is 5.32 Å². The fourth-order valence-electron chi connectivity index (χ4n) is 2.63. The maximum Gasteiger partial charge on any atom is 0.251 e. The highest BCUT2D eigenvalue weighted by molar-refractivity contribution is 5.93. The predicted octanol–water partition coefficient (Wildman–Crippen LogP) is 1.59. The number of pyridine rings is 1. The molecule has 0 fully saturated rings. The number of amides is 1. The normalized spacial score (nSPS) is 13.8. The Balaban J connectivity index is 1.55. The Morgan fingerprint density at radius 2 is 2.05 bits per heavy atom. The van der Waals surface area contributed by atoms with Gasteiger partial charge >= 0.3 is 0 Å². The van der Waals surface area contributed by atoms with Gasteiger partial charge in [-0.25, -0.2) is 0 Å². The number of fused-ring (bicyclic) bond motifs is 1. The molecule has 1 amide bonds. The van der Waals surface area contributed by atoms with E-state index in [4.69, 9.17) is 0 Å². The Kier molecular flexibility index (Phi) is 3.76. The molecular weight excluding hydrogens is 252 g/mol. The van der Waals surface area contributed by atoms with Gasteiger partial charge in [0.15, 0.2) is 0 Å². The molecule has 0 radical (unpaired) electrons. The first-order chi connectivity index (χ1) is 9.84. The second-order valence-electron chi connectivity index (χ2n) is 5.04. The molecule has 3 rings (SSSR count). The summed E-state index contributed by atoms with van der Waals surface area (Å²) in [6.45, 7) is 1.32. The maximum atomic E-state index is 11.9. The summed E-state index contributed by atoms with van der Waals surface area (Å²) in [5.74, 6) is -0.0616. The third-order valence-corrected chi connectivity index (χ3v) is 3.70. The number of aromatic nitrogens is 3. The van der Waals surface area contributed by atoms with Crippen LogP contribution in [0.2, 0.25) is 0 Å². The van der Waals surface area contributed by atoms with Crippen LogP contribution in [-0.4, -0.2) is 27.2 Å². The standard InChI is InChI=1S/C15H18N4O/c20-15(12-5-7-16-8-6-12)17-9-10-19-14-4-2-1-3-13(14)11-18-19/h5-8,11H,1-4,9-10H2,(H,17,20). The van der Waals surface area contributed by atoms with Crippen molar-refractivity contribution in [3.05, 3.63) is 47.5 Å². The molecule has 1 N–H and O–H groups in total. The van der Waals surface area contributed by atoms with E-state index in [1.165, 1.54) is 24.1 Å². The summed E-state index contributed by atoms with van der Waals surface area (Å²) in [6, 6.07) is 3.43. The molecule has 0 aliphatic heterocycles. The highest BCUT2D eigenvalue weighted by atomic mass is 16.1. The summed E-state index contributed by atoms with van der Waals surface area (Å²) < 4.78 is 2.03. The number of aryl methyl sites for hydroxylation is 1. The van der Waals surface area contributed by atoms with Gasteiger partial charge in [0.05, 0.1) is 12.7 Å². The number of nitrogens with zero attached hydrogens (tertiary/aromatic N) is 3. The highest BCUT2D eigenvalue weighted by Gasteiger charge is 2.14. The molecule has 0 atom stereocenters. The van der Waals surface area contributed by atoms with Crippen LogP contribution in [0.5, 0.6) is 0 Å². The van der Waals surface area contributed by atoms with Crippen LogP contribution in [0.4, 0.5) is 0 Å². The van der Waals surface area contributed by atoms with Gasteiger partial charge in [0.2, 0.25) is 0 Å². The minimum Gasteiger partial charge on any atom is -0.350 e. The van der Waals surface area contributed by atoms with Crippen LogP contribution in [0.1, 0.15) is 34.5 Å². The zero-order chi connectivity index (χ0) is 13.8. The van der Waals surface area contributed by atoms with Crippen molar-refractivity contribution in [1.82, 2.24) is 20.1 Å². The molecule has 5 nitrogen and oxygen atoms in total. The zero-order valence-electron chi connectivity index (χ0n) is 11.4. The first-order valence-electron chi connectivity index (χ1n) is 7.06. The fourth-order valence-corrected chi connectivity index (χ4v) is 2.63. The summed E-state index contributed by atoms with van der Waals surface area (Å²) in [6.07, 6.45) is 9.96. The van der Waals surface area contributed by atoms with Crippen molar-refractivity contribution in [3.8, 4) is 0 Å². The molecule has 0 bridgehead atoms. The Morgan fingerprint density at radius 1 is 1.25 bits per heavy atom. The van der Waals surface area contributed by atoms with Gasteiger partial charge in [-0.3, -0.25) is 14.5 Å². The van der Waals surface area contributed by atoms with Crippen LogP contribution in [0.25, 0.3) is 0 Å². The SMILES string of the molecule is O=C(NCCn1ncc2c1CCCC2)c1ccncc1. The van der Waals surface area contributed by atoms with E-state index in [1.54, 1.807) is 24.5 Å². The van der Waals surface area contributed by atoms with Crippen LogP contribution in [0, 0.1) is 0 Å². The van der Waals surface area contributed by atoms with Crippen LogP contribution >= 0.6 is 0 Å². The average molecular weight is 270 g/mol. The fraction of sp³-hybridized carbons (Fsp3) is 0.400. The summed E-state index contributed by atoms with van der Waals surface area (Å²) in [7, 11) is 0. The summed E-state index contributed by atoms with van der Waals surface area (Å²) in [5.41, 5.74) is 3.36. The van der Waals surface area contributed by atoms with Gasteiger partial charge in [-0.2, -0.15) is 5.10 Å². The summed E-state index contributed by atoms with van der Waals surface area (Å²) in [4.78, 5) is 15.8. The molecule has 2 aromatic heterocycles. The molecule has 5 heteroatoms.